The van der Waals surface area contributed by atoms with E-state index < -0.39 is 0 Å². The molecule has 0 aliphatic rings. The predicted octanol–water partition coefficient (Wildman–Crippen LogP) is 1.19. The Morgan fingerprint density at radius 2 is 0.520 bits per heavy atom. The van der Waals surface area contributed by atoms with Gasteiger partial charge in [0.15, 0.2) is 0 Å². The Kier molecular flexibility index (Phi) is 45.8. The molecule has 0 aromatic heterocycles. The molecular formula is C20H44O4Si. The fourth-order valence-corrected chi connectivity index (χ4v) is 0.943. The summed E-state index contributed by atoms with van der Waals surface area (Å²) in [4.78, 5) is 0. The quantitative estimate of drug-likeness (QED) is 0.595. The van der Waals surface area contributed by atoms with E-state index in [1.54, 1.807) is 0 Å². The molecule has 0 aliphatic heterocycles. The molecule has 4 nitrogen and oxygen atoms in total. The molecule has 0 fully saturated rings. The van der Waals surface area contributed by atoms with E-state index in [-0.39, 0.29) is 37.4 Å². The van der Waals surface area contributed by atoms with Gasteiger partial charge in [-0.15, -0.1) is 26.4 Å². The summed E-state index contributed by atoms with van der Waals surface area (Å²) in [5.41, 5.74) is 0. The Bertz CT molecular complexity index is 147. The molecule has 0 spiro atoms. The number of rotatable bonds is 8. The first-order chi connectivity index (χ1) is 11.1. The second kappa shape index (κ2) is 31.8. The molecular weight excluding hydrogens is 332 g/mol. The molecule has 0 unspecified atom stereocenters. The summed E-state index contributed by atoms with van der Waals surface area (Å²) >= 11 is 0. The van der Waals surface area contributed by atoms with Crippen LogP contribution in [0.4, 0.5) is 0 Å². The molecule has 5 heteroatoms. The van der Waals surface area contributed by atoms with E-state index in [1.165, 1.54) is 0 Å². The van der Waals surface area contributed by atoms with E-state index in [9.17, 15) is 20.4 Å². The van der Waals surface area contributed by atoms with Crippen LogP contribution in [-0.4, -0.2) is 37.4 Å². The van der Waals surface area contributed by atoms with Crippen molar-refractivity contribution < 1.29 is 20.4 Å². The molecule has 0 aliphatic carbocycles. The van der Waals surface area contributed by atoms with Crippen LogP contribution >= 0.6 is 0 Å². The van der Waals surface area contributed by atoms with Crippen LogP contribution in [0.3, 0.4) is 0 Å². The standard InChI is InChI=1S/4C5H11O.Si/c4*1-5(2)3-4-6;/h4*5H,3-4H2,1-2H3;/q4*-1;+4. The molecule has 0 saturated heterocycles. The number of hydrogen-bond donors (Lipinski definition) is 0. The molecule has 0 amide bonds. The molecule has 0 rings (SSSR count). The Balaban J connectivity index is -0.0000000702. The first-order valence-corrected chi connectivity index (χ1v) is 9.41. The monoisotopic (exact) mass is 376 g/mol. The molecule has 0 radical (unpaired) electrons. The average Bonchev–Trinajstić information content (AvgIpc) is 2.39. The molecule has 152 valence electrons. The van der Waals surface area contributed by atoms with Crippen LogP contribution < -0.4 is 20.4 Å². The van der Waals surface area contributed by atoms with E-state index in [0.29, 0.717) is 23.7 Å². The van der Waals surface area contributed by atoms with Gasteiger partial charge in [0.05, 0.1) is 0 Å². The van der Waals surface area contributed by atoms with Crippen molar-refractivity contribution in [3.63, 3.8) is 0 Å². The van der Waals surface area contributed by atoms with Crippen LogP contribution in [0.15, 0.2) is 0 Å². The van der Waals surface area contributed by atoms with Crippen molar-refractivity contribution in [3.05, 3.63) is 0 Å². The third-order valence-electron chi connectivity index (χ3n) is 2.78. The van der Waals surface area contributed by atoms with Crippen molar-refractivity contribution in [3.8, 4) is 0 Å². The van der Waals surface area contributed by atoms with Crippen LogP contribution in [0.1, 0.15) is 81.1 Å². The van der Waals surface area contributed by atoms with E-state index in [1.807, 2.05) is 0 Å². The van der Waals surface area contributed by atoms with Gasteiger partial charge in [-0.1, -0.05) is 81.1 Å². The minimum Gasteiger partial charge on any atom is -0.854 e. The third-order valence-corrected chi connectivity index (χ3v) is 2.78. The van der Waals surface area contributed by atoms with Gasteiger partial charge in [0.25, 0.3) is 0 Å². The van der Waals surface area contributed by atoms with Crippen LogP contribution in [0.5, 0.6) is 0 Å². The van der Waals surface area contributed by atoms with Crippen LogP contribution in [0.2, 0.25) is 0 Å². The van der Waals surface area contributed by atoms with Crippen molar-refractivity contribution >= 4 is 11.0 Å². The molecule has 0 aromatic rings. The van der Waals surface area contributed by atoms with Crippen LogP contribution in [-0.2, 0) is 0 Å². The van der Waals surface area contributed by atoms with Crippen LogP contribution in [0, 0.1) is 23.7 Å². The zero-order valence-corrected chi connectivity index (χ0v) is 19.1. The van der Waals surface area contributed by atoms with E-state index >= 15 is 0 Å². The molecule has 0 saturated carbocycles. The summed E-state index contributed by atoms with van der Waals surface area (Å²) in [5.74, 6) is 2.34. The molecule has 0 atom stereocenters. The summed E-state index contributed by atoms with van der Waals surface area (Å²) in [6.07, 6.45) is 3.28. The average molecular weight is 377 g/mol. The van der Waals surface area contributed by atoms with Gasteiger partial charge in [-0.2, -0.15) is 0 Å². The third kappa shape index (κ3) is 80.5. The minimum absolute atomic E-state index is 0. The fraction of sp³-hybridized carbons (Fsp3) is 1.00. The summed E-state index contributed by atoms with van der Waals surface area (Å²) in [6, 6.07) is 0. The van der Waals surface area contributed by atoms with Crippen molar-refractivity contribution in [2.45, 2.75) is 81.1 Å². The predicted molar refractivity (Wildman–Crippen MR) is 103 cm³/mol. The normalized spacial score (nSPS) is 9.60. The maximum Gasteiger partial charge on any atom is 4.00 e. The SMILES string of the molecule is CC(C)CC[O-].CC(C)CC[O-].CC(C)CC[O-].CC(C)CC[O-].[Si+4]. The van der Waals surface area contributed by atoms with Crippen LogP contribution in [0.25, 0.3) is 0 Å². The zero-order chi connectivity index (χ0) is 20.0. The van der Waals surface area contributed by atoms with Crippen molar-refractivity contribution in [1.82, 2.24) is 0 Å². The minimum atomic E-state index is 0. The van der Waals surface area contributed by atoms with Gasteiger partial charge in [-0.25, -0.2) is 0 Å². The maximum atomic E-state index is 9.74. The van der Waals surface area contributed by atoms with Crippen molar-refractivity contribution in [2.75, 3.05) is 26.4 Å². The molecule has 0 bridgehead atoms. The number of hydrogen-bond acceptors (Lipinski definition) is 4. The summed E-state index contributed by atoms with van der Waals surface area (Å²) in [6.45, 7) is 16.8. The Morgan fingerprint density at radius 1 is 0.400 bits per heavy atom. The van der Waals surface area contributed by atoms with Gasteiger partial charge < -0.3 is 20.4 Å². The van der Waals surface area contributed by atoms with E-state index in [0.717, 1.165) is 25.7 Å². The molecule has 25 heavy (non-hydrogen) atoms. The fourth-order valence-electron chi connectivity index (χ4n) is 0.943. The Morgan fingerprint density at radius 3 is 0.520 bits per heavy atom. The van der Waals surface area contributed by atoms with Gasteiger partial charge in [0.2, 0.25) is 0 Å². The largest absolute Gasteiger partial charge is 4.00 e. The Labute approximate surface area is 163 Å². The smallest absolute Gasteiger partial charge is 0.854 e. The second-order valence-electron chi connectivity index (χ2n) is 7.55. The van der Waals surface area contributed by atoms with Crippen molar-refractivity contribution in [1.29, 1.82) is 0 Å². The van der Waals surface area contributed by atoms with Crippen molar-refractivity contribution in [2.24, 2.45) is 23.7 Å². The molecule has 0 N–H and O–H groups in total. The summed E-state index contributed by atoms with van der Waals surface area (Å²) in [7, 11) is 0. The van der Waals surface area contributed by atoms with Gasteiger partial charge in [-0.3, -0.25) is 0 Å². The van der Waals surface area contributed by atoms with Gasteiger partial charge in [0, 0.05) is 0 Å². The summed E-state index contributed by atoms with van der Waals surface area (Å²) in [5, 5.41) is 39.0. The van der Waals surface area contributed by atoms with E-state index in [4.69, 9.17) is 0 Å². The molecule has 0 heterocycles. The maximum absolute atomic E-state index is 9.74. The van der Waals surface area contributed by atoms with Gasteiger partial charge in [0.1, 0.15) is 0 Å². The second-order valence-corrected chi connectivity index (χ2v) is 7.55. The summed E-state index contributed by atoms with van der Waals surface area (Å²) < 4.78 is 0. The zero-order valence-electron chi connectivity index (χ0n) is 18.1. The topological polar surface area (TPSA) is 92.2 Å². The first-order valence-electron chi connectivity index (χ1n) is 9.41. The molecule has 0 aromatic carbocycles. The van der Waals surface area contributed by atoms with Gasteiger partial charge >= 0.3 is 11.0 Å². The first kappa shape index (κ1) is 36.0. The Hall–Kier alpha value is 0.0569. The van der Waals surface area contributed by atoms with E-state index in [2.05, 4.69) is 55.4 Å². The van der Waals surface area contributed by atoms with Gasteiger partial charge in [-0.05, 0) is 23.7 Å².